The van der Waals surface area contributed by atoms with Gasteiger partial charge in [-0.3, -0.25) is 9.78 Å². The van der Waals surface area contributed by atoms with Gasteiger partial charge in [-0.15, -0.1) is 6.58 Å². The molecule has 0 radical (unpaired) electrons. The topological polar surface area (TPSA) is 30.0 Å². The molecule has 1 heterocycles. The highest BCUT2D eigenvalue weighted by molar-refractivity contribution is 5.97. The molecule has 0 atom stereocenters. The molecule has 0 saturated heterocycles. The van der Waals surface area contributed by atoms with Crippen LogP contribution in [0.5, 0.6) is 0 Å². The zero-order chi connectivity index (χ0) is 9.84. The third-order valence-electron chi connectivity index (χ3n) is 1.73. The summed E-state index contributed by atoms with van der Waals surface area (Å²) in [4.78, 5) is 15.6. The lowest BCUT2D eigenvalue weighted by atomic mass is 10.1. The van der Waals surface area contributed by atoms with E-state index in [1.54, 1.807) is 18.2 Å². The van der Waals surface area contributed by atoms with Crippen LogP contribution >= 0.6 is 0 Å². The quantitative estimate of drug-likeness (QED) is 0.521. The molecule has 0 amide bonds. The van der Waals surface area contributed by atoms with Gasteiger partial charge in [0.25, 0.3) is 0 Å². The second kappa shape index (κ2) is 3.99. The summed E-state index contributed by atoms with van der Waals surface area (Å²) < 4.78 is 0. The third kappa shape index (κ3) is 2.51. The van der Waals surface area contributed by atoms with Crippen molar-refractivity contribution in [3.63, 3.8) is 0 Å². The number of hydrogen-bond acceptors (Lipinski definition) is 2. The monoisotopic (exact) mass is 175 g/mol. The number of nitrogens with zero attached hydrogens (tertiary/aromatic N) is 1. The summed E-state index contributed by atoms with van der Waals surface area (Å²) in [5.74, 6) is 0.101. The number of hydrogen-bond donors (Lipinski definition) is 0. The molecule has 2 heteroatoms. The second-order valence-corrected chi connectivity index (χ2v) is 3.05. The minimum atomic E-state index is 0.101. The normalized spacial score (nSPS) is 9.69. The first-order chi connectivity index (χ1) is 6.13. The highest BCUT2D eigenvalue weighted by atomic mass is 16.1. The van der Waals surface area contributed by atoms with Crippen LogP contribution in [0.25, 0.3) is 0 Å². The Morgan fingerprint density at radius 2 is 2.00 bits per heavy atom. The number of aryl methyl sites for hydroxylation is 2. The lowest BCUT2D eigenvalue weighted by molar-refractivity contribution is 0.0995. The standard InChI is InChI=1S/C11H13NO/c1-4-5-11(13)10-6-8(2)12-9(3)7-10/h4,6-7H,1,5H2,2-3H3. The first-order valence-corrected chi connectivity index (χ1v) is 4.23. The van der Waals surface area contributed by atoms with E-state index in [2.05, 4.69) is 11.6 Å². The molecule has 0 fully saturated rings. The fourth-order valence-corrected chi connectivity index (χ4v) is 1.24. The Balaban J connectivity index is 3.00. The maximum Gasteiger partial charge on any atom is 0.166 e. The molecule has 0 N–H and O–H groups in total. The second-order valence-electron chi connectivity index (χ2n) is 3.05. The molecule has 0 aromatic carbocycles. The van der Waals surface area contributed by atoms with Crippen molar-refractivity contribution >= 4 is 5.78 Å². The van der Waals surface area contributed by atoms with E-state index in [0.29, 0.717) is 6.42 Å². The van der Waals surface area contributed by atoms with Crippen molar-refractivity contribution < 1.29 is 4.79 Å². The van der Waals surface area contributed by atoms with E-state index in [1.165, 1.54) is 0 Å². The van der Waals surface area contributed by atoms with Gasteiger partial charge in [0.1, 0.15) is 0 Å². The van der Waals surface area contributed by atoms with Crippen molar-refractivity contribution in [1.29, 1.82) is 0 Å². The van der Waals surface area contributed by atoms with E-state index in [1.807, 2.05) is 13.8 Å². The first-order valence-electron chi connectivity index (χ1n) is 4.23. The highest BCUT2D eigenvalue weighted by Crippen LogP contribution is 2.07. The van der Waals surface area contributed by atoms with Crippen LogP contribution in [0.15, 0.2) is 24.8 Å². The Hall–Kier alpha value is -1.44. The molecule has 0 spiro atoms. The third-order valence-corrected chi connectivity index (χ3v) is 1.73. The molecule has 0 aliphatic heterocycles. The molecule has 68 valence electrons. The van der Waals surface area contributed by atoms with Crippen molar-refractivity contribution in [3.8, 4) is 0 Å². The van der Waals surface area contributed by atoms with Crippen molar-refractivity contribution in [2.24, 2.45) is 0 Å². The number of ketones is 1. The zero-order valence-electron chi connectivity index (χ0n) is 8.00. The van der Waals surface area contributed by atoms with Gasteiger partial charge in [-0.2, -0.15) is 0 Å². The van der Waals surface area contributed by atoms with E-state index in [0.717, 1.165) is 17.0 Å². The first kappa shape index (κ1) is 9.65. The number of aromatic nitrogens is 1. The van der Waals surface area contributed by atoms with Gasteiger partial charge in [0.05, 0.1) is 0 Å². The molecular formula is C11H13NO. The zero-order valence-corrected chi connectivity index (χ0v) is 8.00. The lowest BCUT2D eigenvalue weighted by Gasteiger charge is -2.01. The van der Waals surface area contributed by atoms with E-state index in [9.17, 15) is 4.79 Å². The van der Waals surface area contributed by atoms with Crippen LogP contribution in [0.2, 0.25) is 0 Å². The number of Topliss-reactive ketones (excluding diaryl/α,β-unsaturated/α-hetero) is 1. The van der Waals surface area contributed by atoms with Gasteiger partial charge in [-0.25, -0.2) is 0 Å². The molecule has 13 heavy (non-hydrogen) atoms. The maximum atomic E-state index is 11.5. The maximum absolute atomic E-state index is 11.5. The van der Waals surface area contributed by atoms with Crippen LogP contribution in [-0.2, 0) is 0 Å². The van der Waals surface area contributed by atoms with Gasteiger partial charge in [-0.05, 0) is 26.0 Å². The molecule has 0 unspecified atom stereocenters. The van der Waals surface area contributed by atoms with Crippen molar-refractivity contribution in [3.05, 3.63) is 41.7 Å². The Bertz CT molecular complexity index is 322. The summed E-state index contributed by atoms with van der Waals surface area (Å²) in [5.41, 5.74) is 2.49. The Kier molecular flexibility index (Phi) is 2.96. The van der Waals surface area contributed by atoms with E-state index < -0.39 is 0 Å². The summed E-state index contributed by atoms with van der Waals surface area (Å²) in [6, 6.07) is 3.61. The molecule has 0 saturated carbocycles. The predicted octanol–water partition coefficient (Wildman–Crippen LogP) is 2.46. The van der Waals surface area contributed by atoms with Crippen molar-refractivity contribution in [2.75, 3.05) is 0 Å². The number of rotatable bonds is 3. The number of pyridine rings is 1. The summed E-state index contributed by atoms with van der Waals surface area (Å²) in [6.07, 6.45) is 2.01. The largest absolute Gasteiger partial charge is 0.294 e. The summed E-state index contributed by atoms with van der Waals surface area (Å²) in [5, 5.41) is 0. The van der Waals surface area contributed by atoms with Crippen molar-refractivity contribution in [1.82, 2.24) is 4.98 Å². The fraction of sp³-hybridized carbons (Fsp3) is 0.273. The van der Waals surface area contributed by atoms with Gasteiger partial charge >= 0.3 is 0 Å². The minimum absolute atomic E-state index is 0.101. The Morgan fingerprint density at radius 3 is 2.46 bits per heavy atom. The minimum Gasteiger partial charge on any atom is -0.294 e. The average Bonchev–Trinajstić information content (AvgIpc) is 2.03. The summed E-state index contributed by atoms with van der Waals surface area (Å²) in [7, 11) is 0. The number of carbonyl (C=O) groups excluding carboxylic acids is 1. The molecule has 1 aromatic heterocycles. The predicted molar refractivity (Wildman–Crippen MR) is 52.9 cm³/mol. The van der Waals surface area contributed by atoms with Crippen LogP contribution in [0.4, 0.5) is 0 Å². The number of allylic oxidation sites excluding steroid dienone is 1. The van der Waals surface area contributed by atoms with E-state index >= 15 is 0 Å². The molecule has 0 aliphatic carbocycles. The van der Waals surface area contributed by atoms with Gasteiger partial charge < -0.3 is 0 Å². The van der Waals surface area contributed by atoms with Crippen molar-refractivity contribution in [2.45, 2.75) is 20.3 Å². The molecule has 1 rings (SSSR count). The smallest absolute Gasteiger partial charge is 0.166 e. The van der Waals surface area contributed by atoms with E-state index in [4.69, 9.17) is 0 Å². The Morgan fingerprint density at radius 1 is 1.46 bits per heavy atom. The molecule has 2 nitrogen and oxygen atoms in total. The average molecular weight is 175 g/mol. The summed E-state index contributed by atoms with van der Waals surface area (Å²) in [6.45, 7) is 7.31. The van der Waals surface area contributed by atoms with Crippen LogP contribution in [-0.4, -0.2) is 10.8 Å². The van der Waals surface area contributed by atoms with Gasteiger partial charge in [0.15, 0.2) is 5.78 Å². The molecule has 1 aromatic rings. The van der Waals surface area contributed by atoms with Gasteiger partial charge in [-0.1, -0.05) is 6.08 Å². The number of carbonyl (C=O) groups is 1. The van der Waals surface area contributed by atoms with Crippen LogP contribution in [0.3, 0.4) is 0 Å². The molecule has 0 bridgehead atoms. The van der Waals surface area contributed by atoms with Gasteiger partial charge in [0, 0.05) is 23.4 Å². The fourth-order valence-electron chi connectivity index (χ4n) is 1.24. The van der Waals surface area contributed by atoms with Crippen LogP contribution < -0.4 is 0 Å². The van der Waals surface area contributed by atoms with Gasteiger partial charge in [0.2, 0.25) is 0 Å². The van der Waals surface area contributed by atoms with E-state index in [-0.39, 0.29) is 5.78 Å². The Labute approximate surface area is 78.3 Å². The summed E-state index contributed by atoms with van der Waals surface area (Å²) >= 11 is 0. The molecule has 0 aliphatic rings. The van der Waals surface area contributed by atoms with Crippen LogP contribution in [0, 0.1) is 13.8 Å². The van der Waals surface area contributed by atoms with Crippen LogP contribution in [0.1, 0.15) is 28.2 Å². The lowest BCUT2D eigenvalue weighted by Crippen LogP contribution is -1.99. The highest BCUT2D eigenvalue weighted by Gasteiger charge is 2.04. The SMILES string of the molecule is C=CCC(=O)c1cc(C)nc(C)c1. The molecular weight excluding hydrogens is 162 g/mol.